The van der Waals surface area contributed by atoms with Gasteiger partial charge in [-0.25, -0.2) is 0 Å². The minimum atomic E-state index is -0.194. The Bertz CT molecular complexity index is 320. The van der Waals surface area contributed by atoms with Crippen molar-refractivity contribution in [3.8, 4) is 0 Å². The molecule has 3 N–H and O–H groups in total. The van der Waals surface area contributed by atoms with Gasteiger partial charge >= 0.3 is 0 Å². The van der Waals surface area contributed by atoms with Crippen LogP contribution in [0.1, 0.15) is 51.4 Å². The topological polar surface area (TPSA) is 66.6 Å². The Morgan fingerprint density at radius 1 is 1.06 bits per heavy atom. The molecule has 0 spiro atoms. The van der Waals surface area contributed by atoms with Crippen LogP contribution in [0.2, 0.25) is 0 Å². The number of rotatable bonds is 1. The monoisotopic (exact) mass is 252 g/mol. The molecule has 1 amide bonds. The lowest BCUT2D eigenvalue weighted by Gasteiger charge is -2.40. The molecule has 2 bridgehead atoms. The zero-order valence-electron chi connectivity index (χ0n) is 10.9. The van der Waals surface area contributed by atoms with Crippen molar-refractivity contribution in [1.29, 1.82) is 0 Å². The average Bonchev–Trinajstić information content (AvgIpc) is 2.61. The second kappa shape index (κ2) is 4.82. The molecule has 102 valence electrons. The summed E-state index contributed by atoms with van der Waals surface area (Å²) < 4.78 is 0. The van der Waals surface area contributed by atoms with Crippen LogP contribution < -0.4 is 5.73 Å². The Kier molecular flexibility index (Phi) is 3.32. The molecule has 4 unspecified atom stereocenters. The molecule has 2 saturated heterocycles. The third-order valence-electron chi connectivity index (χ3n) is 5.03. The van der Waals surface area contributed by atoms with Gasteiger partial charge in [0.2, 0.25) is 5.91 Å². The number of fused-ring (bicyclic) bond motifs is 2. The van der Waals surface area contributed by atoms with Crippen molar-refractivity contribution < 1.29 is 9.90 Å². The highest BCUT2D eigenvalue weighted by Crippen LogP contribution is 2.38. The van der Waals surface area contributed by atoms with E-state index in [4.69, 9.17) is 5.73 Å². The Balaban J connectivity index is 1.69. The van der Waals surface area contributed by atoms with Crippen LogP contribution in [-0.2, 0) is 4.79 Å². The minimum Gasteiger partial charge on any atom is -0.393 e. The molecule has 3 fully saturated rings. The van der Waals surface area contributed by atoms with E-state index in [1.54, 1.807) is 0 Å². The van der Waals surface area contributed by atoms with E-state index in [0.717, 1.165) is 51.4 Å². The van der Waals surface area contributed by atoms with Crippen molar-refractivity contribution in [3.63, 3.8) is 0 Å². The second-order valence-electron chi connectivity index (χ2n) is 6.38. The molecule has 2 aliphatic heterocycles. The fraction of sp³-hybridized carbons (Fsp3) is 0.929. The van der Waals surface area contributed by atoms with Gasteiger partial charge in [-0.3, -0.25) is 4.79 Å². The Labute approximate surface area is 109 Å². The Morgan fingerprint density at radius 2 is 1.72 bits per heavy atom. The predicted molar refractivity (Wildman–Crippen MR) is 68.8 cm³/mol. The van der Waals surface area contributed by atoms with Crippen molar-refractivity contribution in [2.24, 2.45) is 11.7 Å². The van der Waals surface area contributed by atoms with Gasteiger partial charge in [-0.1, -0.05) is 6.42 Å². The third kappa shape index (κ3) is 2.16. The van der Waals surface area contributed by atoms with Gasteiger partial charge in [0, 0.05) is 24.0 Å². The maximum atomic E-state index is 12.7. The number of carbonyl (C=O) groups excluding carboxylic acids is 1. The molecule has 4 nitrogen and oxygen atoms in total. The number of carbonyl (C=O) groups is 1. The summed E-state index contributed by atoms with van der Waals surface area (Å²) in [5, 5.41) is 9.78. The number of amides is 1. The van der Waals surface area contributed by atoms with Gasteiger partial charge in [-0.05, 0) is 44.9 Å². The smallest absolute Gasteiger partial charge is 0.226 e. The summed E-state index contributed by atoms with van der Waals surface area (Å²) in [7, 11) is 0. The number of aliphatic hydroxyl groups excluding tert-OH is 1. The first-order valence-electron chi connectivity index (χ1n) is 7.41. The van der Waals surface area contributed by atoms with Gasteiger partial charge in [-0.15, -0.1) is 0 Å². The highest BCUT2D eigenvalue weighted by atomic mass is 16.3. The molecule has 3 rings (SSSR count). The second-order valence-corrected chi connectivity index (χ2v) is 6.38. The fourth-order valence-corrected chi connectivity index (χ4v) is 4.17. The van der Waals surface area contributed by atoms with Gasteiger partial charge in [0.05, 0.1) is 6.10 Å². The summed E-state index contributed by atoms with van der Waals surface area (Å²) in [6.07, 6.45) is 7.53. The van der Waals surface area contributed by atoms with E-state index in [2.05, 4.69) is 4.90 Å². The van der Waals surface area contributed by atoms with Gasteiger partial charge in [0.25, 0.3) is 0 Å². The number of nitrogens with two attached hydrogens (primary N) is 1. The summed E-state index contributed by atoms with van der Waals surface area (Å²) >= 11 is 0. The molecule has 3 aliphatic rings. The lowest BCUT2D eigenvalue weighted by Crippen LogP contribution is -2.51. The van der Waals surface area contributed by atoms with E-state index < -0.39 is 0 Å². The summed E-state index contributed by atoms with van der Waals surface area (Å²) in [5.74, 6) is 0.469. The first-order valence-corrected chi connectivity index (χ1v) is 7.41. The van der Waals surface area contributed by atoms with Gasteiger partial charge in [0.15, 0.2) is 0 Å². The fourth-order valence-electron chi connectivity index (χ4n) is 4.17. The van der Waals surface area contributed by atoms with Crippen molar-refractivity contribution in [2.75, 3.05) is 0 Å². The minimum absolute atomic E-state index is 0.145. The van der Waals surface area contributed by atoms with E-state index in [-0.39, 0.29) is 18.1 Å². The van der Waals surface area contributed by atoms with E-state index in [0.29, 0.717) is 18.0 Å². The zero-order chi connectivity index (χ0) is 12.7. The summed E-state index contributed by atoms with van der Waals surface area (Å²) in [5.41, 5.74) is 5.99. The molecule has 0 aromatic carbocycles. The standard InChI is InChI=1S/C14H24N2O2/c15-10-3-1-2-9(6-10)14(18)16-11-4-5-12(16)8-13(17)7-11/h9-13,17H,1-8,15H2. The van der Waals surface area contributed by atoms with Gasteiger partial charge in [0.1, 0.15) is 0 Å². The molecule has 4 heteroatoms. The van der Waals surface area contributed by atoms with Gasteiger partial charge < -0.3 is 15.7 Å². The van der Waals surface area contributed by atoms with Crippen molar-refractivity contribution in [3.05, 3.63) is 0 Å². The number of piperidine rings is 1. The third-order valence-corrected chi connectivity index (χ3v) is 5.03. The first-order chi connectivity index (χ1) is 8.65. The maximum absolute atomic E-state index is 12.7. The van der Waals surface area contributed by atoms with Crippen LogP contribution in [0.25, 0.3) is 0 Å². The Hall–Kier alpha value is -0.610. The maximum Gasteiger partial charge on any atom is 0.226 e. The molecule has 0 aromatic rings. The zero-order valence-corrected chi connectivity index (χ0v) is 10.9. The molecule has 18 heavy (non-hydrogen) atoms. The van der Waals surface area contributed by atoms with Crippen molar-refractivity contribution >= 4 is 5.91 Å². The Morgan fingerprint density at radius 3 is 2.33 bits per heavy atom. The average molecular weight is 252 g/mol. The molecule has 0 aromatic heterocycles. The molecular weight excluding hydrogens is 228 g/mol. The van der Waals surface area contributed by atoms with Gasteiger partial charge in [-0.2, -0.15) is 0 Å². The highest BCUT2D eigenvalue weighted by Gasteiger charge is 2.44. The number of nitrogens with zero attached hydrogens (tertiary/aromatic N) is 1. The van der Waals surface area contributed by atoms with Crippen LogP contribution in [0, 0.1) is 5.92 Å². The van der Waals surface area contributed by atoms with E-state index in [9.17, 15) is 9.90 Å². The van der Waals surface area contributed by atoms with Crippen LogP contribution in [0.5, 0.6) is 0 Å². The normalized spacial score (nSPS) is 44.1. The molecule has 0 radical (unpaired) electrons. The lowest BCUT2D eigenvalue weighted by atomic mass is 9.84. The highest BCUT2D eigenvalue weighted by molar-refractivity contribution is 5.80. The number of aliphatic hydroxyl groups is 1. The number of hydrogen-bond acceptors (Lipinski definition) is 3. The van der Waals surface area contributed by atoms with Crippen LogP contribution >= 0.6 is 0 Å². The molecule has 2 heterocycles. The van der Waals surface area contributed by atoms with E-state index in [1.165, 1.54) is 0 Å². The van der Waals surface area contributed by atoms with Crippen LogP contribution in [-0.4, -0.2) is 40.1 Å². The predicted octanol–water partition coefficient (Wildman–Crippen LogP) is 1.02. The largest absolute Gasteiger partial charge is 0.393 e. The molecule has 4 atom stereocenters. The lowest BCUT2D eigenvalue weighted by molar-refractivity contribution is -0.143. The number of hydrogen-bond donors (Lipinski definition) is 2. The molecule has 1 aliphatic carbocycles. The molecular formula is C14H24N2O2. The van der Waals surface area contributed by atoms with Crippen molar-refractivity contribution in [1.82, 2.24) is 4.90 Å². The van der Waals surface area contributed by atoms with Crippen LogP contribution in [0.3, 0.4) is 0 Å². The SMILES string of the molecule is NC1CCCC(C(=O)N2C3CCC2CC(O)C3)C1. The summed E-state index contributed by atoms with van der Waals surface area (Å²) in [6, 6.07) is 0.800. The van der Waals surface area contributed by atoms with Crippen molar-refractivity contribution in [2.45, 2.75) is 75.6 Å². The van der Waals surface area contributed by atoms with E-state index >= 15 is 0 Å². The quantitative estimate of drug-likeness (QED) is 0.732. The summed E-state index contributed by atoms with van der Waals surface area (Å²) in [6.45, 7) is 0. The summed E-state index contributed by atoms with van der Waals surface area (Å²) in [4.78, 5) is 14.8. The first kappa shape index (κ1) is 12.4. The van der Waals surface area contributed by atoms with Crippen LogP contribution in [0.4, 0.5) is 0 Å². The molecule has 1 saturated carbocycles. The van der Waals surface area contributed by atoms with E-state index in [1.807, 2.05) is 0 Å². The van der Waals surface area contributed by atoms with Crippen LogP contribution in [0.15, 0.2) is 0 Å².